The predicted octanol–water partition coefficient (Wildman–Crippen LogP) is -0.754. The smallest absolute Gasteiger partial charge is 0.744 e. The van der Waals surface area contributed by atoms with Crippen molar-refractivity contribution >= 4 is 27.2 Å². The summed E-state index contributed by atoms with van der Waals surface area (Å²) in [5.41, 5.74) is 1.14. The van der Waals surface area contributed by atoms with Gasteiger partial charge in [-0.15, -0.1) is 0 Å². The van der Waals surface area contributed by atoms with Crippen molar-refractivity contribution in [2.24, 2.45) is 0 Å². The zero-order valence-corrected chi connectivity index (χ0v) is 13.8. The molecule has 9 heteroatoms. The number of rotatable bonds is 4. The Morgan fingerprint density at radius 2 is 1.33 bits per heavy atom. The van der Waals surface area contributed by atoms with E-state index in [4.69, 9.17) is 0 Å². The van der Waals surface area contributed by atoms with Crippen molar-refractivity contribution in [1.82, 2.24) is 0 Å². The van der Waals surface area contributed by atoms with Crippen LogP contribution in [0.3, 0.4) is 0 Å². The van der Waals surface area contributed by atoms with Gasteiger partial charge in [-0.05, 0) is 36.4 Å². The summed E-state index contributed by atoms with van der Waals surface area (Å²) in [4.78, 5) is 9.69. The molecule has 0 aliphatic rings. The Labute approximate surface area is 143 Å². The van der Waals surface area contributed by atoms with Crippen LogP contribution in [0.4, 0.5) is 17.1 Å². The van der Waals surface area contributed by atoms with Gasteiger partial charge in [-0.2, -0.15) is 0 Å². The summed E-state index contributed by atoms with van der Waals surface area (Å²) in [6.45, 7) is 0. The van der Waals surface area contributed by atoms with E-state index in [0.29, 0.717) is 11.4 Å². The second-order valence-corrected chi connectivity index (χ2v) is 5.29. The average Bonchev–Trinajstić information content (AvgIpc) is 2.39. The summed E-state index contributed by atoms with van der Waals surface area (Å²) in [6.07, 6.45) is 0. The van der Waals surface area contributed by atoms with E-state index in [1.165, 1.54) is 48.5 Å². The standard InChI is InChI=1S/C12H10N2O5S.Na/c15-14(16)11-5-1-9(2-6-11)13-10-3-7-12(8-4-10)20(17,18)19;/h1-8,13H,(H,17,18,19);/q;+1/p-1. The molecule has 0 aliphatic carbocycles. The largest absolute Gasteiger partial charge is 1.00 e. The topological polar surface area (TPSA) is 112 Å². The molecule has 0 heterocycles. The van der Waals surface area contributed by atoms with E-state index in [-0.39, 0.29) is 40.1 Å². The van der Waals surface area contributed by atoms with E-state index in [1.807, 2.05) is 0 Å². The monoisotopic (exact) mass is 316 g/mol. The SMILES string of the molecule is O=[N+]([O-])c1ccc(Nc2ccc(S(=O)(=O)[O-])cc2)cc1.[Na+]. The van der Waals surface area contributed by atoms with Crippen LogP contribution in [0.25, 0.3) is 0 Å². The van der Waals surface area contributed by atoms with Crippen LogP contribution in [0.2, 0.25) is 0 Å². The third-order valence-corrected chi connectivity index (χ3v) is 3.36. The maximum atomic E-state index is 10.8. The number of nitrogens with one attached hydrogen (secondary N) is 1. The number of hydrogen-bond acceptors (Lipinski definition) is 6. The number of anilines is 2. The van der Waals surface area contributed by atoms with Gasteiger partial charge >= 0.3 is 29.6 Å². The van der Waals surface area contributed by atoms with Crippen LogP contribution in [0.5, 0.6) is 0 Å². The molecule has 0 aromatic heterocycles. The third kappa shape index (κ3) is 4.80. The predicted molar refractivity (Wildman–Crippen MR) is 70.8 cm³/mol. The Kier molecular flexibility index (Phi) is 5.87. The fourth-order valence-electron chi connectivity index (χ4n) is 1.54. The zero-order chi connectivity index (χ0) is 14.8. The molecule has 2 aromatic carbocycles. The molecule has 0 atom stereocenters. The maximum Gasteiger partial charge on any atom is 1.00 e. The van der Waals surface area contributed by atoms with E-state index in [0.717, 1.165) is 0 Å². The van der Waals surface area contributed by atoms with Crippen LogP contribution in [0, 0.1) is 10.1 Å². The number of nitro groups is 1. The van der Waals surface area contributed by atoms with E-state index in [1.54, 1.807) is 0 Å². The number of nitro benzene ring substituents is 1. The summed E-state index contributed by atoms with van der Waals surface area (Å²) in [7, 11) is -4.46. The van der Waals surface area contributed by atoms with Gasteiger partial charge in [0.2, 0.25) is 0 Å². The van der Waals surface area contributed by atoms with Gasteiger partial charge in [-0.3, -0.25) is 10.1 Å². The minimum atomic E-state index is -4.46. The molecule has 2 rings (SSSR count). The Morgan fingerprint density at radius 3 is 1.71 bits per heavy atom. The normalized spacial score (nSPS) is 10.5. The van der Waals surface area contributed by atoms with Crippen molar-refractivity contribution in [2.45, 2.75) is 4.90 Å². The molecule has 0 spiro atoms. The number of nitrogens with zero attached hydrogens (tertiary/aromatic N) is 1. The molecular formula is C12H9N2NaO5S. The molecule has 0 aliphatic heterocycles. The first-order valence-electron chi connectivity index (χ1n) is 5.44. The maximum absolute atomic E-state index is 10.8. The number of benzene rings is 2. The molecule has 0 amide bonds. The van der Waals surface area contributed by atoms with Crippen molar-refractivity contribution in [3.63, 3.8) is 0 Å². The van der Waals surface area contributed by atoms with E-state index < -0.39 is 15.0 Å². The molecule has 21 heavy (non-hydrogen) atoms. The molecule has 0 saturated heterocycles. The van der Waals surface area contributed by atoms with Crippen LogP contribution >= 0.6 is 0 Å². The van der Waals surface area contributed by atoms with Gasteiger partial charge in [0, 0.05) is 23.5 Å². The quantitative estimate of drug-likeness (QED) is 0.344. The molecule has 0 fully saturated rings. The zero-order valence-electron chi connectivity index (χ0n) is 11.0. The van der Waals surface area contributed by atoms with Gasteiger partial charge in [0.1, 0.15) is 10.1 Å². The van der Waals surface area contributed by atoms with Crippen LogP contribution in [-0.2, 0) is 10.1 Å². The summed E-state index contributed by atoms with van der Waals surface area (Å²) < 4.78 is 32.3. The summed E-state index contributed by atoms with van der Waals surface area (Å²) in [5, 5.41) is 13.4. The molecule has 1 N–H and O–H groups in total. The molecule has 7 nitrogen and oxygen atoms in total. The van der Waals surface area contributed by atoms with Gasteiger partial charge in [-0.1, -0.05) is 0 Å². The molecule has 0 radical (unpaired) electrons. The summed E-state index contributed by atoms with van der Waals surface area (Å²) in [5.74, 6) is 0. The second kappa shape index (κ2) is 7.01. The first kappa shape index (κ1) is 17.6. The Morgan fingerprint density at radius 1 is 0.905 bits per heavy atom. The van der Waals surface area contributed by atoms with Crippen molar-refractivity contribution in [3.8, 4) is 0 Å². The number of non-ortho nitro benzene ring substituents is 1. The third-order valence-electron chi connectivity index (χ3n) is 2.51. The van der Waals surface area contributed by atoms with E-state index >= 15 is 0 Å². The molecule has 0 unspecified atom stereocenters. The van der Waals surface area contributed by atoms with Gasteiger partial charge in [0.05, 0.1) is 9.82 Å². The van der Waals surface area contributed by atoms with Crippen molar-refractivity contribution < 1.29 is 47.5 Å². The minimum Gasteiger partial charge on any atom is -0.744 e. The fourth-order valence-corrected chi connectivity index (χ4v) is 2.01. The Balaban J connectivity index is 0.00000220. The average molecular weight is 316 g/mol. The Bertz CT molecular complexity index is 729. The van der Waals surface area contributed by atoms with Gasteiger partial charge < -0.3 is 9.87 Å². The minimum absolute atomic E-state index is 0. The summed E-state index contributed by atoms with van der Waals surface area (Å²) >= 11 is 0. The molecule has 2 aromatic rings. The van der Waals surface area contributed by atoms with Crippen LogP contribution in [-0.4, -0.2) is 17.9 Å². The van der Waals surface area contributed by atoms with Crippen LogP contribution < -0.4 is 34.9 Å². The molecule has 0 bridgehead atoms. The fraction of sp³-hybridized carbons (Fsp3) is 0. The van der Waals surface area contributed by atoms with Crippen molar-refractivity contribution in [1.29, 1.82) is 0 Å². The number of hydrogen-bond donors (Lipinski definition) is 1. The van der Waals surface area contributed by atoms with Gasteiger partial charge in [0.15, 0.2) is 0 Å². The van der Waals surface area contributed by atoms with Crippen LogP contribution in [0.1, 0.15) is 0 Å². The summed E-state index contributed by atoms with van der Waals surface area (Å²) in [6, 6.07) is 11.0. The van der Waals surface area contributed by atoms with Gasteiger partial charge in [0.25, 0.3) is 5.69 Å². The first-order valence-corrected chi connectivity index (χ1v) is 6.84. The van der Waals surface area contributed by atoms with Gasteiger partial charge in [-0.25, -0.2) is 8.42 Å². The Hall–Kier alpha value is -1.45. The molecular weight excluding hydrogens is 307 g/mol. The van der Waals surface area contributed by atoms with Crippen molar-refractivity contribution in [3.05, 3.63) is 58.6 Å². The van der Waals surface area contributed by atoms with Crippen molar-refractivity contribution in [2.75, 3.05) is 5.32 Å². The van der Waals surface area contributed by atoms with Crippen LogP contribution in [0.15, 0.2) is 53.4 Å². The molecule has 0 saturated carbocycles. The second-order valence-electron chi connectivity index (χ2n) is 3.91. The van der Waals surface area contributed by atoms with E-state index in [2.05, 4.69) is 5.32 Å². The first-order chi connectivity index (χ1) is 9.36. The van der Waals surface area contributed by atoms with E-state index in [9.17, 15) is 23.1 Å². The molecule has 104 valence electrons.